The number of piperidine rings is 1. The van der Waals surface area contributed by atoms with Crippen LogP contribution in [0.3, 0.4) is 0 Å². The molecule has 27 heavy (non-hydrogen) atoms. The fourth-order valence-electron chi connectivity index (χ4n) is 4.62. The van der Waals surface area contributed by atoms with Crippen molar-refractivity contribution in [3.63, 3.8) is 0 Å². The second-order valence-electron chi connectivity index (χ2n) is 9.62. The zero-order chi connectivity index (χ0) is 19.3. The van der Waals surface area contributed by atoms with Gasteiger partial charge in [0.25, 0.3) is 0 Å². The summed E-state index contributed by atoms with van der Waals surface area (Å²) in [5.41, 5.74) is 0.614. The molecule has 0 bridgehead atoms. The monoisotopic (exact) mass is 371 g/mol. The first-order valence-electron chi connectivity index (χ1n) is 10.9. The van der Waals surface area contributed by atoms with Crippen LogP contribution >= 0.6 is 0 Å². The van der Waals surface area contributed by atoms with Crippen LogP contribution in [0.2, 0.25) is 0 Å². The Hall–Kier alpha value is -1.42. The van der Waals surface area contributed by atoms with Crippen molar-refractivity contribution in [3.8, 4) is 0 Å². The standard InChI is InChI=1S/C23H37N3O/c1-23(2,3)22(27)25-21(20-13-7-8-14-24-20)19-12-9-15-26(17-19)16-18-10-5-4-6-11-18/h7-8,13-14,18-19,21H,4-6,9-12,15-17H2,1-3H3,(H,25,27)/t19-,21-/m1/s1. The van der Waals surface area contributed by atoms with Gasteiger partial charge in [0.05, 0.1) is 11.7 Å². The summed E-state index contributed by atoms with van der Waals surface area (Å²) in [5, 5.41) is 3.34. The first-order valence-corrected chi connectivity index (χ1v) is 10.9. The summed E-state index contributed by atoms with van der Waals surface area (Å²) in [6.45, 7) is 9.45. The number of hydrogen-bond donors (Lipinski definition) is 1. The molecule has 0 spiro atoms. The number of amides is 1. The van der Waals surface area contributed by atoms with Gasteiger partial charge < -0.3 is 10.2 Å². The van der Waals surface area contributed by atoms with Crippen LogP contribution in [0.15, 0.2) is 24.4 Å². The van der Waals surface area contributed by atoms with E-state index in [0.29, 0.717) is 5.92 Å². The SMILES string of the molecule is CC(C)(C)C(=O)N[C@@H](c1ccccn1)[C@@H]1CCCN(CC2CCCCC2)C1. The lowest BCUT2D eigenvalue weighted by Crippen LogP contribution is -2.46. The first kappa shape index (κ1) is 20.3. The van der Waals surface area contributed by atoms with Crippen LogP contribution in [-0.2, 0) is 4.79 Å². The smallest absolute Gasteiger partial charge is 0.225 e. The van der Waals surface area contributed by atoms with E-state index in [0.717, 1.165) is 24.6 Å². The molecule has 1 N–H and O–H groups in total. The third-order valence-electron chi connectivity index (χ3n) is 6.23. The number of carbonyl (C=O) groups excluding carboxylic acids is 1. The van der Waals surface area contributed by atoms with Crippen molar-refractivity contribution in [3.05, 3.63) is 30.1 Å². The molecule has 150 valence electrons. The van der Waals surface area contributed by atoms with Crippen molar-refractivity contribution in [1.82, 2.24) is 15.2 Å². The summed E-state index contributed by atoms with van der Waals surface area (Å²) >= 11 is 0. The average molecular weight is 372 g/mol. The lowest BCUT2D eigenvalue weighted by atomic mass is 9.85. The molecular weight excluding hydrogens is 334 g/mol. The van der Waals surface area contributed by atoms with Gasteiger partial charge in [-0.15, -0.1) is 0 Å². The number of carbonyl (C=O) groups is 1. The topological polar surface area (TPSA) is 45.2 Å². The Bertz CT molecular complexity index is 589. The molecule has 1 aliphatic heterocycles. The molecule has 2 aliphatic rings. The van der Waals surface area contributed by atoms with Crippen molar-refractivity contribution >= 4 is 5.91 Å². The zero-order valence-electron chi connectivity index (χ0n) is 17.4. The first-order chi connectivity index (χ1) is 12.9. The van der Waals surface area contributed by atoms with Gasteiger partial charge in [0, 0.05) is 24.7 Å². The molecule has 2 atom stereocenters. The minimum Gasteiger partial charge on any atom is -0.347 e. The number of nitrogens with zero attached hydrogens (tertiary/aromatic N) is 2. The van der Waals surface area contributed by atoms with Crippen molar-refractivity contribution < 1.29 is 4.79 Å². The highest BCUT2D eigenvalue weighted by molar-refractivity contribution is 5.81. The molecule has 4 heteroatoms. The van der Waals surface area contributed by atoms with Crippen molar-refractivity contribution in [2.75, 3.05) is 19.6 Å². The molecule has 1 aliphatic carbocycles. The highest BCUT2D eigenvalue weighted by Crippen LogP contribution is 2.32. The zero-order valence-corrected chi connectivity index (χ0v) is 17.4. The summed E-state index contributed by atoms with van der Waals surface area (Å²) in [6, 6.07) is 6.05. The molecule has 1 saturated carbocycles. The maximum absolute atomic E-state index is 12.7. The Morgan fingerprint density at radius 1 is 1.19 bits per heavy atom. The Labute approximate surface area is 165 Å². The van der Waals surface area contributed by atoms with Gasteiger partial charge in [0.1, 0.15) is 0 Å². The Balaban J connectivity index is 1.69. The van der Waals surface area contributed by atoms with E-state index in [1.165, 1.54) is 51.6 Å². The van der Waals surface area contributed by atoms with Gasteiger partial charge in [0.2, 0.25) is 5.91 Å². The number of pyridine rings is 1. The highest BCUT2D eigenvalue weighted by Gasteiger charge is 2.33. The van der Waals surface area contributed by atoms with Crippen molar-refractivity contribution in [1.29, 1.82) is 0 Å². The average Bonchev–Trinajstić information content (AvgIpc) is 2.67. The molecule has 2 heterocycles. The number of hydrogen-bond acceptors (Lipinski definition) is 3. The van der Waals surface area contributed by atoms with Crippen LogP contribution in [0, 0.1) is 17.3 Å². The predicted octanol–water partition coefficient (Wildman–Crippen LogP) is 4.58. The lowest BCUT2D eigenvalue weighted by Gasteiger charge is -2.39. The van der Waals surface area contributed by atoms with Crippen molar-refractivity contribution in [2.24, 2.45) is 17.3 Å². The molecule has 1 aromatic heterocycles. The molecule has 3 rings (SSSR count). The Kier molecular flexibility index (Phi) is 6.91. The molecule has 4 nitrogen and oxygen atoms in total. The largest absolute Gasteiger partial charge is 0.347 e. The minimum absolute atomic E-state index is 0.00656. The van der Waals surface area contributed by atoms with E-state index in [1.54, 1.807) is 0 Å². The summed E-state index contributed by atoms with van der Waals surface area (Å²) in [4.78, 5) is 20.0. The van der Waals surface area contributed by atoms with Gasteiger partial charge in [-0.2, -0.15) is 0 Å². The van der Waals surface area contributed by atoms with E-state index in [-0.39, 0.29) is 17.4 Å². The van der Waals surface area contributed by atoms with Gasteiger partial charge in [0.15, 0.2) is 0 Å². The fraction of sp³-hybridized carbons (Fsp3) is 0.739. The van der Waals surface area contributed by atoms with Gasteiger partial charge in [-0.1, -0.05) is 46.1 Å². The molecule has 1 saturated heterocycles. The summed E-state index contributed by atoms with van der Waals surface area (Å²) in [5.74, 6) is 1.42. The Morgan fingerprint density at radius 2 is 1.96 bits per heavy atom. The predicted molar refractivity (Wildman–Crippen MR) is 110 cm³/mol. The van der Waals surface area contributed by atoms with Crippen LogP contribution in [0.25, 0.3) is 0 Å². The maximum Gasteiger partial charge on any atom is 0.225 e. The molecule has 1 aromatic rings. The lowest BCUT2D eigenvalue weighted by molar-refractivity contribution is -0.130. The maximum atomic E-state index is 12.7. The van der Waals surface area contributed by atoms with Crippen LogP contribution in [0.1, 0.15) is 77.5 Å². The second kappa shape index (κ2) is 9.18. The number of likely N-dealkylation sites (tertiary alicyclic amines) is 1. The van der Waals surface area contributed by atoms with Gasteiger partial charge in [-0.3, -0.25) is 9.78 Å². The fourth-order valence-corrected chi connectivity index (χ4v) is 4.62. The summed E-state index contributed by atoms with van der Waals surface area (Å²) in [6.07, 6.45) is 11.2. The van der Waals surface area contributed by atoms with E-state index in [1.807, 2.05) is 39.1 Å². The second-order valence-corrected chi connectivity index (χ2v) is 9.62. The third kappa shape index (κ3) is 5.78. The van der Waals surface area contributed by atoms with Crippen LogP contribution in [-0.4, -0.2) is 35.4 Å². The van der Waals surface area contributed by atoms with Crippen molar-refractivity contribution in [2.45, 2.75) is 71.8 Å². The Morgan fingerprint density at radius 3 is 2.63 bits per heavy atom. The molecule has 0 aromatic carbocycles. The van der Waals surface area contributed by atoms with E-state index < -0.39 is 0 Å². The quantitative estimate of drug-likeness (QED) is 0.824. The molecule has 2 fully saturated rings. The molecule has 0 radical (unpaired) electrons. The van der Waals surface area contributed by atoms with Gasteiger partial charge in [-0.25, -0.2) is 0 Å². The molecule has 1 amide bonds. The molecule has 0 unspecified atom stereocenters. The van der Waals surface area contributed by atoms with Crippen LogP contribution in [0.5, 0.6) is 0 Å². The number of aromatic nitrogens is 1. The normalized spacial score (nSPS) is 23.7. The molecular formula is C23H37N3O. The van der Waals surface area contributed by atoms with E-state index in [4.69, 9.17) is 0 Å². The number of nitrogens with one attached hydrogen (secondary N) is 1. The van der Waals surface area contributed by atoms with Gasteiger partial charge >= 0.3 is 0 Å². The van der Waals surface area contributed by atoms with Crippen LogP contribution in [0.4, 0.5) is 0 Å². The summed E-state index contributed by atoms with van der Waals surface area (Å²) < 4.78 is 0. The summed E-state index contributed by atoms with van der Waals surface area (Å²) in [7, 11) is 0. The third-order valence-corrected chi connectivity index (χ3v) is 6.23. The minimum atomic E-state index is -0.385. The van der Waals surface area contributed by atoms with E-state index in [9.17, 15) is 4.79 Å². The number of rotatable bonds is 5. The van der Waals surface area contributed by atoms with Crippen LogP contribution < -0.4 is 5.32 Å². The highest BCUT2D eigenvalue weighted by atomic mass is 16.2. The van der Waals surface area contributed by atoms with Gasteiger partial charge in [-0.05, 0) is 56.2 Å². The van der Waals surface area contributed by atoms with E-state index in [2.05, 4.69) is 21.3 Å². The van der Waals surface area contributed by atoms with E-state index >= 15 is 0 Å².